The van der Waals surface area contributed by atoms with Gasteiger partial charge in [0.1, 0.15) is 0 Å². The van der Waals surface area contributed by atoms with E-state index < -0.39 is 0 Å². The van der Waals surface area contributed by atoms with Crippen LogP contribution in [0.1, 0.15) is 9.67 Å². The summed E-state index contributed by atoms with van der Waals surface area (Å²) in [4.78, 5) is 15.6. The molecule has 0 fully saturated rings. The third-order valence-electron chi connectivity index (χ3n) is 2.60. The Kier molecular flexibility index (Phi) is 2.81. The summed E-state index contributed by atoms with van der Waals surface area (Å²) in [6, 6.07) is 9.36. The average Bonchev–Trinajstić information content (AvgIpc) is 2.96. The predicted molar refractivity (Wildman–Crippen MR) is 75.6 cm³/mol. The van der Waals surface area contributed by atoms with Crippen molar-refractivity contribution in [3.05, 3.63) is 51.8 Å². The Labute approximate surface area is 112 Å². The molecule has 3 aromatic rings. The van der Waals surface area contributed by atoms with E-state index in [1.165, 1.54) is 11.3 Å². The van der Waals surface area contributed by atoms with Crippen molar-refractivity contribution < 1.29 is 4.79 Å². The van der Waals surface area contributed by atoms with Gasteiger partial charge in [-0.1, -0.05) is 11.6 Å². The molecule has 0 spiro atoms. The molecule has 18 heavy (non-hydrogen) atoms. The lowest BCUT2D eigenvalue weighted by molar-refractivity contribution is 0.103. The second-order valence-electron chi connectivity index (χ2n) is 3.86. The van der Waals surface area contributed by atoms with Crippen LogP contribution in [0.15, 0.2) is 41.9 Å². The third-order valence-corrected chi connectivity index (χ3v) is 3.88. The number of anilines is 1. The van der Waals surface area contributed by atoms with Crippen molar-refractivity contribution in [2.75, 3.05) is 5.32 Å². The number of hydrogen-bond acceptors (Lipinski definition) is 2. The van der Waals surface area contributed by atoms with Gasteiger partial charge in [-0.3, -0.25) is 4.79 Å². The first kappa shape index (κ1) is 11.3. The van der Waals surface area contributed by atoms with Crippen LogP contribution >= 0.6 is 22.9 Å². The highest BCUT2D eigenvalue weighted by Crippen LogP contribution is 2.22. The summed E-state index contributed by atoms with van der Waals surface area (Å²) < 4.78 is 0. The van der Waals surface area contributed by atoms with E-state index >= 15 is 0 Å². The Morgan fingerprint density at radius 1 is 1.28 bits per heavy atom. The minimum Gasteiger partial charge on any atom is -0.361 e. The van der Waals surface area contributed by atoms with Crippen molar-refractivity contribution in [3.8, 4) is 0 Å². The standard InChI is InChI=1S/C13H9ClN2OS/c14-9-6-12(18-7-9)13(17)16-10-1-2-11-8(5-10)3-4-15-11/h1-7,15H,(H,16,17). The number of aromatic amines is 1. The first-order chi connectivity index (χ1) is 8.72. The number of carbonyl (C=O) groups is 1. The van der Waals surface area contributed by atoms with Crippen molar-refractivity contribution in [2.45, 2.75) is 0 Å². The highest BCUT2D eigenvalue weighted by Gasteiger charge is 2.09. The van der Waals surface area contributed by atoms with Crippen LogP contribution < -0.4 is 5.32 Å². The summed E-state index contributed by atoms with van der Waals surface area (Å²) in [5.74, 6) is -0.137. The second kappa shape index (κ2) is 4.48. The monoisotopic (exact) mass is 276 g/mol. The molecule has 2 heterocycles. The Hall–Kier alpha value is -1.78. The molecular formula is C13H9ClN2OS. The molecule has 0 aliphatic rings. The number of rotatable bonds is 2. The number of hydrogen-bond donors (Lipinski definition) is 2. The molecule has 0 saturated carbocycles. The van der Waals surface area contributed by atoms with Crippen LogP contribution in [-0.2, 0) is 0 Å². The van der Waals surface area contributed by atoms with Gasteiger partial charge in [0.05, 0.1) is 9.90 Å². The van der Waals surface area contributed by atoms with Gasteiger partial charge < -0.3 is 10.3 Å². The van der Waals surface area contributed by atoms with Gasteiger partial charge in [-0.2, -0.15) is 0 Å². The number of carbonyl (C=O) groups excluding carboxylic acids is 1. The van der Waals surface area contributed by atoms with Crippen LogP contribution in [0.4, 0.5) is 5.69 Å². The fourth-order valence-electron chi connectivity index (χ4n) is 1.76. The quantitative estimate of drug-likeness (QED) is 0.726. The second-order valence-corrected chi connectivity index (χ2v) is 5.21. The molecule has 0 radical (unpaired) electrons. The van der Waals surface area contributed by atoms with E-state index in [9.17, 15) is 4.79 Å². The maximum Gasteiger partial charge on any atom is 0.265 e. The lowest BCUT2D eigenvalue weighted by Crippen LogP contribution is -2.09. The van der Waals surface area contributed by atoms with E-state index in [1.807, 2.05) is 30.5 Å². The smallest absolute Gasteiger partial charge is 0.265 e. The van der Waals surface area contributed by atoms with Gasteiger partial charge in [0.25, 0.3) is 5.91 Å². The van der Waals surface area contributed by atoms with Crippen LogP contribution in [0.2, 0.25) is 5.02 Å². The lowest BCUT2D eigenvalue weighted by atomic mass is 10.2. The minimum absolute atomic E-state index is 0.137. The van der Waals surface area contributed by atoms with E-state index in [4.69, 9.17) is 11.6 Å². The molecule has 0 bridgehead atoms. The number of benzene rings is 1. The summed E-state index contributed by atoms with van der Waals surface area (Å²) >= 11 is 7.13. The maximum atomic E-state index is 11.9. The average molecular weight is 277 g/mol. The summed E-state index contributed by atoms with van der Waals surface area (Å²) in [5, 5.41) is 6.25. The van der Waals surface area contributed by atoms with Crippen LogP contribution in [-0.4, -0.2) is 10.9 Å². The zero-order valence-electron chi connectivity index (χ0n) is 9.24. The van der Waals surface area contributed by atoms with E-state index in [2.05, 4.69) is 10.3 Å². The number of fused-ring (bicyclic) bond motifs is 1. The van der Waals surface area contributed by atoms with Crippen molar-refractivity contribution >= 4 is 45.4 Å². The van der Waals surface area contributed by atoms with Crippen molar-refractivity contribution in [3.63, 3.8) is 0 Å². The molecule has 1 aromatic carbocycles. The number of aromatic nitrogens is 1. The molecule has 0 atom stereocenters. The van der Waals surface area contributed by atoms with Gasteiger partial charge in [-0.15, -0.1) is 11.3 Å². The Balaban J connectivity index is 1.85. The van der Waals surface area contributed by atoms with Gasteiger partial charge in [0.2, 0.25) is 0 Å². The Bertz CT molecular complexity index is 716. The van der Waals surface area contributed by atoms with Crippen LogP contribution in [0.25, 0.3) is 10.9 Å². The molecule has 0 saturated heterocycles. The zero-order chi connectivity index (χ0) is 12.5. The molecule has 1 amide bonds. The highest BCUT2D eigenvalue weighted by molar-refractivity contribution is 7.12. The zero-order valence-corrected chi connectivity index (χ0v) is 10.8. The number of nitrogens with one attached hydrogen (secondary N) is 2. The largest absolute Gasteiger partial charge is 0.361 e. The molecule has 0 unspecified atom stereocenters. The molecule has 0 aliphatic carbocycles. The summed E-state index contributed by atoms with van der Waals surface area (Å²) in [6.45, 7) is 0. The van der Waals surface area contributed by atoms with Crippen molar-refractivity contribution in [2.24, 2.45) is 0 Å². The van der Waals surface area contributed by atoms with Crippen LogP contribution in [0.3, 0.4) is 0 Å². The molecule has 90 valence electrons. The fourth-order valence-corrected chi connectivity index (χ4v) is 2.72. The highest BCUT2D eigenvalue weighted by atomic mass is 35.5. The van der Waals surface area contributed by atoms with Crippen LogP contribution in [0, 0.1) is 0 Å². The Morgan fingerprint density at radius 2 is 2.17 bits per heavy atom. The van der Waals surface area contributed by atoms with Gasteiger partial charge in [0.15, 0.2) is 0 Å². The predicted octanol–water partition coefficient (Wildman–Crippen LogP) is 4.14. The lowest BCUT2D eigenvalue weighted by Gasteiger charge is -2.03. The third kappa shape index (κ3) is 2.12. The first-order valence-electron chi connectivity index (χ1n) is 5.35. The van der Waals surface area contributed by atoms with E-state index in [-0.39, 0.29) is 5.91 Å². The van der Waals surface area contributed by atoms with Crippen molar-refractivity contribution in [1.82, 2.24) is 4.98 Å². The molecule has 3 nitrogen and oxygen atoms in total. The topological polar surface area (TPSA) is 44.9 Å². The normalized spacial score (nSPS) is 10.7. The van der Waals surface area contributed by atoms with Gasteiger partial charge in [-0.25, -0.2) is 0 Å². The summed E-state index contributed by atoms with van der Waals surface area (Å²) in [5.41, 5.74) is 1.82. The number of thiophene rings is 1. The molecular weight excluding hydrogens is 268 g/mol. The number of H-pyrrole nitrogens is 1. The number of halogens is 1. The minimum atomic E-state index is -0.137. The van der Waals surface area contributed by atoms with Crippen LogP contribution in [0.5, 0.6) is 0 Å². The first-order valence-corrected chi connectivity index (χ1v) is 6.61. The van der Waals surface area contributed by atoms with E-state index in [1.54, 1.807) is 11.4 Å². The molecule has 5 heteroatoms. The molecule has 0 aliphatic heterocycles. The van der Waals surface area contributed by atoms with Crippen molar-refractivity contribution in [1.29, 1.82) is 0 Å². The maximum absolute atomic E-state index is 11.9. The van der Waals surface area contributed by atoms with E-state index in [0.717, 1.165) is 16.6 Å². The van der Waals surface area contributed by atoms with Gasteiger partial charge >= 0.3 is 0 Å². The van der Waals surface area contributed by atoms with Gasteiger partial charge in [-0.05, 0) is 30.3 Å². The van der Waals surface area contributed by atoms with Gasteiger partial charge in [0, 0.05) is 28.2 Å². The molecule has 2 N–H and O–H groups in total. The SMILES string of the molecule is O=C(Nc1ccc2[nH]ccc2c1)c1cc(Cl)cs1. The Morgan fingerprint density at radius 3 is 2.94 bits per heavy atom. The number of amides is 1. The molecule has 3 rings (SSSR count). The van der Waals surface area contributed by atoms with E-state index in [0.29, 0.717) is 9.90 Å². The summed E-state index contributed by atoms with van der Waals surface area (Å²) in [6.07, 6.45) is 1.87. The molecule has 2 aromatic heterocycles. The fraction of sp³-hybridized carbons (Fsp3) is 0. The summed E-state index contributed by atoms with van der Waals surface area (Å²) in [7, 11) is 0.